The number of phenols is 2. The SMILES string of the molecule is COc1cc2c(cc1O)CC[n+]1cc3c(O)c(OC)ccc3cc1-2. The molecule has 0 amide bonds. The molecule has 0 aliphatic carbocycles. The molecule has 1 aromatic heterocycles. The Bertz CT molecular complexity index is 965. The minimum Gasteiger partial charge on any atom is -0.504 e. The Morgan fingerprint density at radius 2 is 1.79 bits per heavy atom. The highest BCUT2D eigenvalue weighted by atomic mass is 16.5. The van der Waals surface area contributed by atoms with Crippen molar-refractivity contribution in [1.29, 1.82) is 0 Å². The van der Waals surface area contributed by atoms with Crippen molar-refractivity contribution in [1.82, 2.24) is 0 Å². The van der Waals surface area contributed by atoms with Crippen LogP contribution in [0.2, 0.25) is 0 Å². The monoisotopic (exact) mass is 324 g/mol. The van der Waals surface area contributed by atoms with Crippen LogP contribution in [0.4, 0.5) is 0 Å². The second-order valence-corrected chi connectivity index (χ2v) is 5.90. The molecule has 2 N–H and O–H groups in total. The number of phenolic OH excluding ortho intramolecular Hbond substituents is 2. The van der Waals surface area contributed by atoms with Crippen LogP contribution in [0.3, 0.4) is 0 Å². The molecular formula is C19H18NO4+. The van der Waals surface area contributed by atoms with Crippen molar-refractivity contribution in [2.45, 2.75) is 13.0 Å². The molecule has 1 aliphatic rings. The average molecular weight is 324 g/mol. The standard InChI is InChI=1S/C19H17NO4/c1-23-17-4-3-11-7-15-13-9-18(24-2)16(21)8-12(13)5-6-20(15)10-14(11)19(17)22/h3-4,7-10H,5-6H2,1-2H3,(H,21,22)/p+1. The zero-order valence-electron chi connectivity index (χ0n) is 13.5. The molecule has 0 unspecified atom stereocenters. The number of benzene rings is 2. The zero-order valence-corrected chi connectivity index (χ0v) is 13.5. The van der Waals surface area contributed by atoms with E-state index in [1.807, 2.05) is 24.4 Å². The first-order valence-electron chi connectivity index (χ1n) is 7.75. The van der Waals surface area contributed by atoms with Gasteiger partial charge in [-0.1, -0.05) is 0 Å². The lowest BCUT2D eigenvalue weighted by Gasteiger charge is -2.17. The summed E-state index contributed by atoms with van der Waals surface area (Å²) in [5, 5.41) is 22.1. The highest BCUT2D eigenvalue weighted by molar-refractivity contribution is 5.91. The molecule has 0 saturated heterocycles. The average Bonchev–Trinajstić information content (AvgIpc) is 2.60. The number of fused-ring (bicyclic) bond motifs is 4. The lowest BCUT2D eigenvalue weighted by molar-refractivity contribution is -0.686. The largest absolute Gasteiger partial charge is 0.504 e. The molecule has 0 saturated carbocycles. The molecule has 5 nitrogen and oxygen atoms in total. The van der Waals surface area contributed by atoms with Gasteiger partial charge in [-0.15, -0.1) is 0 Å². The van der Waals surface area contributed by atoms with Crippen LogP contribution in [0, 0.1) is 0 Å². The predicted octanol–water partition coefficient (Wildman–Crippen LogP) is 2.78. The van der Waals surface area contributed by atoms with Crippen LogP contribution in [0.1, 0.15) is 5.56 Å². The van der Waals surface area contributed by atoms with E-state index in [2.05, 4.69) is 4.57 Å². The van der Waals surface area contributed by atoms with Crippen molar-refractivity contribution in [3.8, 4) is 34.3 Å². The molecule has 0 spiro atoms. The smallest absolute Gasteiger partial charge is 0.213 e. The van der Waals surface area contributed by atoms with Crippen LogP contribution < -0.4 is 14.0 Å². The number of aromatic nitrogens is 1. The van der Waals surface area contributed by atoms with E-state index in [1.54, 1.807) is 26.4 Å². The summed E-state index contributed by atoms with van der Waals surface area (Å²) in [5.74, 6) is 1.23. The molecule has 24 heavy (non-hydrogen) atoms. The second-order valence-electron chi connectivity index (χ2n) is 5.90. The Kier molecular flexibility index (Phi) is 3.23. The van der Waals surface area contributed by atoms with Crippen LogP contribution in [0.5, 0.6) is 23.0 Å². The fraction of sp³-hybridized carbons (Fsp3) is 0.211. The summed E-state index contributed by atoms with van der Waals surface area (Å²) in [6.45, 7) is 0.778. The van der Waals surface area contributed by atoms with E-state index in [1.165, 1.54) is 0 Å². The number of hydrogen-bond acceptors (Lipinski definition) is 4. The number of aromatic hydroxyl groups is 2. The van der Waals surface area contributed by atoms with Crippen molar-refractivity contribution in [2.24, 2.45) is 0 Å². The molecule has 0 atom stereocenters. The first-order chi connectivity index (χ1) is 11.6. The highest BCUT2D eigenvalue weighted by Gasteiger charge is 2.26. The van der Waals surface area contributed by atoms with E-state index in [9.17, 15) is 10.2 Å². The number of nitrogens with zero attached hydrogens (tertiary/aromatic N) is 1. The summed E-state index contributed by atoms with van der Waals surface area (Å²) in [7, 11) is 3.09. The Balaban J connectivity index is 1.98. The molecule has 3 aromatic rings. The maximum absolute atomic E-state index is 10.4. The summed E-state index contributed by atoms with van der Waals surface area (Å²) < 4.78 is 12.6. The van der Waals surface area contributed by atoms with E-state index in [0.717, 1.165) is 40.6 Å². The van der Waals surface area contributed by atoms with Crippen LogP contribution in [0.15, 0.2) is 36.5 Å². The highest BCUT2D eigenvalue weighted by Crippen LogP contribution is 2.39. The molecule has 122 valence electrons. The Morgan fingerprint density at radius 3 is 2.54 bits per heavy atom. The van der Waals surface area contributed by atoms with E-state index < -0.39 is 0 Å². The third-order valence-corrected chi connectivity index (χ3v) is 4.62. The first-order valence-corrected chi connectivity index (χ1v) is 7.75. The molecular weight excluding hydrogens is 306 g/mol. The Morgan fingerprint density at radius 1 is 1.00 bits per heavy atom. The summed E-state index contributed by atoms with van der Waals surface area (Å²) in [4.78, 5) is 0. The maximum atomic E-state index is 10.4. The zero-order chi connectivity index (χ0) is 16.8. The quantitative estimate of drug-likeness (QED) is 0.712. The molecule has 2 aromatic carbocycles. The van der Waals surface area contributed by atoms with Gasteiger partial charge in [-0.25, -0.2) is 0 Å². The topological polar surface area (TPSA) is 62.8 Å². The Hall–Kier alpha value is -2.95. The molecule has 1 aliphatic heterocycles. The number of methoxy groups -OCH3 is 2. The van der Waals surface area contributed by atoms with Crippen molar-refractivity contribution >= 4 is 10.8 Å². The molecule has 0 radical (unpaired) electrons. The van der Waals surface area contributed by atoms with Crippen LogP contribution in [-0.4, -0.2) is 24.4 Å². The van der Waals surface area contributed by atoms with Gasteiger partial charge >= 0.3 is 0 Å². The first kappa shape index (κ1) is 14.6. The van der Waals surface area contributed by atoms with Crippen molar-refractivity contribution in [2.75, 3.05) is 14.2 Å². The van der Waals surface area contributed by atoms with Gasteiger partial charge in [-0.05, 0) is 35.2 Å². The van der Waals surface area contributed by atoms with Gasteiger partial charge in [0, 0.05) is 12.5 Å². The predicted molar refractivity (Wildman–Crippen MR) is 89.7 cm³/mol. The van der Waals surface area contributed by atoms with Gasteiger partial charge in [-0.2, -0.15) is 4.57 Å². The third kappa shape index (κ3) is 2.05. The number of pyridine rings is 1. The normalized spacial score (nSPS) is 12.6. The van der Waals surface area contributed by atoms with Crippen molar-refractivity contribution < 1.29 is 24.3 Å². The van der Waals surface area contributed by atoms with Gasteiger partial charge in [-0.3, -0.25) is 0 Å². The van der Waals surface area contributed by atoms with Gasteiger partial charge in [0.05, 0.1) is 25.2 Å². The molecule has 4 rings (SSSR count). The van der Waals surface area contributed by atoms with Gasteiger partial charge in [0.15, 0.2) is 35.7 Å². The van der Waals surface area contributed by atoms with Gasteiger partial charge in [0.25, 0.3) is 0 Å². The minimum atomic E-state index is 0.152. The fourth-order valence-corrected chi connectivity index (χ4v) is 3.36. The van der Waals surface area contributed by atoms with E-state index in [-0.39, 0.29) is 11.5 Å². The number of ether oxygens (including phenoxy) is 2. The van der Waals surface area contributed by atoms with Gasteiger partial charge in [0.2, 0.25) is 5.69 Å². The molecule has 0 bridgehead atoms. The van der Waals surface area contributed by atoms with Crippen LogP contribution in [0.25, 0.3) is 22.0 Å². The van der Waals surface area contributed by atoms with Crippen molar-refractivity contribution in [3.05, 3.63) is 42.1 Å². The number of rotatable bonds is 2. The lowest BCUT2D eigenvalue weighted by Crippen LogP contribution is -2.40. The van der Waals surface area contributed by atoms with Gasteiger partial charge in [0.1, 0.15) is 0 Å². The third-order valence-electron chi connectivity index (χ3n) is 4.62. The second kappa shape index (κ2) is 5.30. The van der Waals surface area contributed by atoms with Crippen LogP contribution >= 0.6 is 0 Å². The van der Waals surface area contributed by atoms with Gasteiger partial charge < -0.3 is 19.7 Å². The molecule has 2 heterocycles. The Labute approximate surface area is 139 Å². The summed E-state index contributed by atoms with van der Waals surface area (Å²) in [6.07, 6.45) is 2.76. The number of hydrogen-bond donors (Lipinski definition) is 2. The van der Waals surface area contributed by atoms with Crippen LogP contribution in [-0.2, 0) is 13.0 Å². The van der Waals surface area contributed by atoms with Crippen molar-refractivity contribution in [3.63, 3.8) is 0 Å². The van der Waals surface area contributed by atoms with E-state index >= 15 is 0 Å². The van der Waals surface area contributed by atoms with E-state index in [0.29, 0.717) is 11.5 Å². The summed E-state index contributed by atoms with van der Waals surface area (Å²) in [6, 6.07) is 9.37. The minimum absolute atomic E-state index is 0.152. The summed E-state index contributed by atoms with van der Waals surface area (Å²) in [5.41, 5.74) is 3.16. The fourth-order valence-electron chi connectivity index (χ4n) is 3.36. The molecule has 0 fully saturated rings. The maximum Gasteiger partial charge on any atom is 0.213 e. The van der Waals surface area contributed by atoms with E-state index in [4.69, 9.17) is 9.47 Å². The number of aryl methyl sites for hydroxylation is 2. The lowest BCUT2D eigenvalue weighted by atomic mass is 9.95. The summed E-state index contributed by atoms with van der Waals surface area (Å²) >= 11 is 0. The molecule has 5 heteroatoms.